The van der Waals surface area contributed by atoms with Crippen LogP contribution in [0.15, 0.2) is 54.7 Å². The number of rotatable bonds is 3. The zero-order valence-electron chi connectivity index (χ0n) is 10.7. The van der Waals surface area contributed by atoms with Gasteiger partial charge < -0.3 is 10.5 Å². The van der Waals surface area contributed by atoms with E-state index >= 15 is 0 Å². The highest BCUT2D eigenvalue weighted by molar-refractivity contribution is 6.32. The SMILES string of the molecule is Nc1cccc(Cl)c1OCc1ccnc2ccccc12. The quantitative estimate of drug-likeness (QED) is 0.738. The summed E-state index contributed by atoms with van der Waals surface area (Å²) in [7, 11) is 0. The average Bonchev–Trinajstić information content (AvgIpc) is 2.47. The molecule has 3 aromatic rings. The number of nitrogens with two attached hydrogens (primary N) is 1. The first-order valence-corrected chi connectivity index (χ1v) is 6.63. The summed E-state index contributed by atoms with van der Waals surface area (Å²) in [4.78, 5) is 4.33. The van der Waals surface area contributed by atoms with Crippen LogP contribution in [0.1, 0.15) is 5.56 Å². The summed E-state index contributed by atoms with van der Waals surface area (Å²) in [5, 5.41) is 1.59. The van der Waals surface area contributed by atoms with Crippen molar-refractivity contribution in [3.05, 3.63) is 65.3 Å². The summed E-state index contributed by atoms with van der Waals surface area (Å²) in [5.41, 5.74) is 8.41. The van der Waals surface area contributed by atoms with E-state index in [1.165, 1.54) is 0 Å². The molecule has 0 aliphatic rings. The van der Waals surface area contributed by atoms with Crippen molar-refractivity contribution in [3.8, 4) is 5.75 Å². The number of anilines is 1. The van der Waals surface area contributed by atoms with E-state index < -0.39 is 0 Å². The summed E-state index contributed by atoms with van der Waals surface area (Å²) in [6.07, 6.45) is 1.77. The maximum Gasteiger partial charge on any atom is 0.161 e. The highest BCUT2D eigenvalue weighted by Crippen LogP contribution is 2.31. The Morgan fingerprint density at radius 1 is 1.05 bits per heavy atom. The van der Waals surface area contributed by atoms with Crippen LogP contribution in [-0.2, 0) is 6.61 Å². The fourth-order valence-electron chi connectivity index (χ4n) is 2.11. The number of ether oxygens (including phenoxy) is 1. The highest BCUT2D eigenvalue weighted by atomic mass is 35.5. The first-order valence-electron chi connectivity index (χ1n) is 6.25. The van der Waals surface area contributed by atoms with Gasteiger partial charge in [0.05, 0.1) is 16.2 Å². The molecule has 0 radical (unpaired) electrons. The molecule has 20 heavy (non-hydrogen) atoms. The van der Waals surface area contributed by atoms with Gasteiger partial charge in [-0.25, -0.2) is 0 Å². The number of pyridine rings is 1. The van der Waals surface area contributed by atoms with Gasteiger partial charge in [0.15, 0.2) is 5.75 Å². The summed E-state index contributed by atoms with van der Waals surface area (Å²) in [5.74, 6) is 0.523. The van der Waals surface area contributed by atoms with Crippen LogP contribution in [0.2, 0.25) is 5.02 Å². The highest BCUT2D eigenvalue weighted by Gasteiger charge is 2.07. The van der Waals surface area contributed by atoms with Gasteiger partial charge in [0.2, 0.25) is 0 Å². The van der Waals surface area contributed by atoms with Crippen molar-refractivity contribution in [2.75, 3.05) is 5.73 Å². The number of para-hydroxylation sites is 2. The van der Waals surface area contributed by atoms with Crippen LogP contribution in [0.3, 0.4) is 0 Å². The van der Waals surface area contributed by atoms with Gasteiger partial charge >= 0.3 is 0 Å². The number of fused-ring (bicyclic) bond motifs is 1. The van der Waals surface area contributed by atoms with E-state index in [-0.39, 0.29) is 0 Å². The van der Waals surface area contributed by atoms with Crippen molar-refractivity contribution in [1.82, 2.24) is 4.98 Å². The monoisotopic (exact) mass is 284 g/mol. The molecular formula is C16H13ClN2O. The van der Waals surface area contributed by atoms with Crippen molar-refractivity contribution in [2.45, 2.75) is 6.61 Å². The second-order valence-corrected chi connectivity index (χ2v) is 4.84. The molecule has 0 saturated carbocycles. The molecule has 0 aliphatic carbocycles. The van der Waals surface area contributed by atoms with Crippen LogP contribution in [-0.4, -0.2) is 4.98 Å². The molecular weight excluding hydrogens is 272 g/mol. The van der Waals surface area contributed by atoms with E-state index in [2.05, 4.69) is 4.98 Å². The molecule has 3 rings (SSSR count). The third-order valence-electron chi connectivity index (χ3n) is 3.11. The van der Waals surface area contributed by atoms with Crippen LogP contribution in [0.4, 0.5) is 5.69 Å². The molecule has 0 fully saturated rings. The minimum absolute atomic E-state index is 0.400. The molecule has 0 amide bonds. The van der Waals surface area contributed by atoms with Crippen LogP contribution in [0.25, 0.3) is 10.9 Å². The number of halogens is 1. The molecule has 3 nitrogen and oxygen atoms in total. The molecule has 2 N–H and O–H groups in total. The van der Waals surface area contributed by atoms with Crippen molar-refractivity contribution in [1.29, 1.82) is 0 Å². The predicted molar refractivity (Wildman–Crippen MR) is 81.9 cm³/mol. The molecule has 4 heteroatoms. The molecule has 1 heterocycles. The van der Waals surface area contributed by atoms with Crippen LogP contribution in [0, 0.1) is 0 Å². The van der Waals surface area contributed by atoms with Gasteiger partial charge in [0.1, 0.15) is 6.61 Å². The molecule has 0 spiro atoms. The van der Waals surface area contributed by atoms with E-state index in [1.807, 2.05) is 30.3 Å². The number of nitrogens with zero attached hydrogens (tertiary/aromatic N) is 1. The van der Waals surface area contributed by atoms with Gasteiger partial charge in [-0.2, -0.15) is 0 Å². The Bertz CT molecular complexity index is 733. The van der Waals surface area contributed by atoms with Crippen molar-refractivity contribution in [3.63, 3.8) is 0 Å². The zero-order chi connectivity index (χ0) is 13.9. The Morgan fingerprint density at radius 3 is 2.75 bits per heavy atom. The molecule has 2 aromatic carbocycles. The Hall–Kier alpha value is -2.26. The van der Waals surface area contributed by atoms with Gasteiger partial charge in [0.25, 0.3) is 0 Å². The minimum Gasteiger partial charge on any atom is -0.485 e. The van der Waals surface area contributed by atoms with Crippen molar-refractivity contribution in [2.24, 2.45) is 0 Å². The van der Waals surface area contributed by atoms with E-state index in [0.29, 0.717) is 23.1 Å². The van der Waals surface area contributed by atoms with Crippen LogP contribution >= 0.6 is 11.6 Å². The first kappa shape index (κ1) is 12.8. The maximum atomic E-state index is 6.10. The average molecular weight is 285 g/mol. The Kier molecular flexibility index (Phi) is 3.44. The second kappa shape index (κ2) is 5.39. The third-order valence-corrected chi connectivity index (χ3v) is 3.41. The molecule has 1 aromatic heterocycles. The molecule has 0 aliphatic heterocycles. The minimum atomic E-state index is 0.400. The number of aromatic nitrogens is 1. The molecule has 0 unspecified atom stereocenters. The van der Waals surface area contributed by atoms with E-state index in [9.17, 15) is 0 Å². The van der Waals surface area contributed by atoms with Crippen molar-refractivity contribution >= 4 is 28.2 Å². The molecule has 0 bridgehead atoms. The van der Waals surface area contributed by atoms with Crippen molar-refractivity contribution < 1.29 is 4.74 Å². The van der Waals surface area contributed by atoms with Gasteiger partial charge in [-0.3, -0.25) is 4.98 Å². The summed E-state index contributed by atoms with van der Waals surface area (Å²) < 4.78 is 5.78. The fraction of sp³-hybridized carbons (Fsp3) is 0.0625. The van der Waals surface area contributed by atoms with Crippen LogP contribution < -0.4 is 10.5 Å². The van der Waals surface area contributed by atoms with Crippen LogP contribution in [0.5, 0.6) is 5.75 Å². The van der Waals surface area contributed by atoms with E-state index in [1.54, 1.807) is 24.4 Å². The van der Waals surface area contributed by atoms with Gasteiger partial charge in [-0.1, -0.05) is 35.9 Å². The normalized spacial score (nSPS) is 10.7. The smallest absolute Gasteiger partial charge is 0.161 e. The van der Waals surface area contributed by atoms with Gasteiger partial charge in [0, 0.05) is 17.1 Å². The summed E-state index contributed by atoms with van der Waals surface area (Å²) in [6, 6.07) is 15.2. The van der Waals surface area contributed by atoms with E-state index in [4.69, 9.17) is 22.1 Å². The largest absolute Gasteiger partial charge is 0.485 e. The predicted octanol–water partition coefficient (Wildman–Crippen LogP) is 4.05. The molecule has 100 valence electrons. The number of nitrogen functional groups attached to an aromatic ring is 1. The Morgan fingerprint density at radius 2 is 1.90 bits per heavy atom. The fourth-order valence-corrected chi connectivity index (χ4v) is 2.35. The molecule has 0 saturated heterocycles. The first-order chi connectivity index (χ1) is 9.75. The third kappa shape index (κ3) is 2.40. The lowest BCUT2D eigenvalue weighted by atomic mass is 10.1. The van der Waals surface area contributed by atoms with Gasteiger partial charge in [-0.15, -0.1) is 0 Å². The summed E-state index contributed by atoms with van der Waals surface area (Å²) >= 11 is 6.10. The summed E-state index contributed by atoms with van der Waals surface area (Å²) in [6.45, 7) is 0.400. The lowest BCUT2D eigenvalue weighted by Gasteiger charge is -2.11. The number of hydrogen-bond donors (Lipinski definition) is 1. The lowest BCUT2D eigenvalue weighted by Crippen LogP contribution is -2.00. The molecule has 0 atom stereocenters. The Balaban J connectivity index is 1.91. The standard InChI is InChI=1S/C16H13ClN2O/c17-13-5-3-6-14(18)16(13)20-10-11-8-9-19-15-7-2-1-4-12(11)15/h1-9H,10,18H2. The topological polar surface area (TPSA) is 48.1 Å². The van der Waals surface area contributed by atoms with E-state index in [0.717, 1.165) is 16.5 Å². The second-order valence-electron chi connectivity index (χ2n) is 4.43. The zero-order valence-corrected chi connectivity index (χ0v) is 11.5. The lowest BCUT2D eigenvalue weighted by molar-refractivity contribution is 0.309. The maximum absolute atomic E-state index is 6.10. The Labute approximate surface area is 122 Å². The van der Waals surface area contributed by atoms with Gasteiger partial charge in [-0.05, 0) is 24.3 Å². The number of benzene rings is 2. The number of hydrogen-bond acceptors (Lipinski definition) is 3.